The Balaban J connectivity index is 2.24. The number of nitrogens with two attached hydrogens (primary N) is 2. The van der Waals surface area contributed by atoms with Gasteiger partial charge in [0.15, 0.2) is 0 Å². The fourth-order valence-corrected chi connectivity index (χ4v) is 3.95. The third-order valence-electron chi connectivity index (χ3n) is 6.55. The molecule has 222 valence electrons. The number of carbonyl (C=O) groups is 5. The Hall–Kier alpha value is -4.65. The number of hydrogen-bond acceptors (Lipinski definition) is 8. The van der Waals surface area contributed by atoms with E-state index in [4.69, 9.17) is 11.5 Å². The van der Waals surface area contributed by atoms with Crippen LogP contribution < -0.4 is 27.4 Å². The van der Waals surface area contributed by atoms with Crippen LogP contribution in [0.3, 0.4) is 0 Å². The monoisotopic (exact) mass is 571 g/mol. The van der Waals surface area contributed by atoms with Gasteiger partial charge in [0.25, 0.3) is 0 Å². The van der Waals surface area contributed by atoms with Crippen LogP contribution in [0.25, 0.3) is 0 Å². The highest BCUT2D eigenvalue weighted by Gasteiger charge is 2.32. The highest BCUT2D eigenvalue weighted by atomic mass is 16.4. The number of rotatable bonds is 15. The van der Waals surface area contributed by atoms with Crippen LogP contribution in [0, 0.1) is 5.92 Å². The van der Waals surface area contributed by atoms with Gasteiger partial charge in [-0.15, -0.1) is 0 Å². The summed E-state index contributed by atoms with van der Waals surface area (Å²) in [5.41, 5.74) is 12.5. The molecular weight excluding hydrogens is 534 g/mol. The minimum Gasteiger partial charge on any atom is -0.508 e. The van der Waals surface area contributed by atoms with Crippen LogP contribution in [-0.4, -0.2) is 69.1 Å². The first kappa shape index (κ1) is 32.6. The zero-order valence-electron chi connectivity index (χ0n) is 22.9. The van der Waals surface area contributed by atoms with Gasteiger partial charge in [0.05, 0.1) is 12.5 Å². The minimum absolute atomic E-state index is 0.0191. The van der Waals surface area contributed by atoms with Gasteiger partial charge in [0.1, 0.15) is 29.6 Å². The van der Waals surface area contributed by atoms with Crippen molar-refractivity contribution < 1.29 is 39.3 Å². The molecule has 10 N–H and O–H groups in total. The van der Waals surface area contributed by atoms with Crippen molar-refractivity contribution in [3.8, 4) is 11.5 Å². The SMILES string of the molecule is CCC(C)C(NC(=O)C(Cc1ccc(O)cc1)NC(=O)C(CC(N)=O)NC(=O)C(N)Cc1ccc(O)cc1)C(=O)O. The molecule has 2 aromatic carbocycles. The van der Waals surface area contributed by atoms with E-state index in [0.29, 0.717) is 17.5 Å². The minimum atomic E-state index is -1.48. The second-order valence-corrected chi connectivity index (χ2v) is 9.85. The molecule has 0 radical (unpaired) electrons. The average Bonchev–Trinajstić information content (AvgIpc) is 2.92. The Morgan fingerprint density at radius 3 is 1.68 bits per heavy atom. The molecule has 0 aliphatic heterocycles. The van der Waals surface area contributed by atoms with Crippen molar-refractivity contribution in [2.45, 2.75) is 63.7 Å². The molecule has 0 saturated carbocycles. The lowest BCUT2D eigenvalue weighted by molar-refractivity contribution is -0.144. The highest BCUT2D eigenvalue weighted by molar-refractivity contribution is 5.96. The maximum Gasteiger partial charge on any atom is 0.326 e. The van der Waals surface area contributed by atoms with Crippen LogP contribution in [-0.2, 0) is 36.8 Å². The number of primary amides is 1. The lowest BCUT2D eigenvalue weighted by Crippen LogP contribution is -2.58. The molecule has 2 aromatic rings. The summed E-state index contributed by atoms with van der Waals surface area (Å²) in [5, 5.41) is 36.0. The summed E-state index contributed by atoms with van der Waals surface area (Å²) in [6.45, 7) is 3.43. The lowest BCUT2D eigenvalue weighted by atomic mass is 9.98. The van der Waals surface area contributed by atoms with E-state index >= 15 is 0 Å². The number of benzene rings is 2. The highest BCUT2D eigenvalue weighted by Crippen LogP contribution is 2.14. The number of aliphatic carboxylic acids is 1. The molecule has 0 spiro atoms. The van der Waals surface area contributed by atoms with Crippen molar-refractivity contribution in [1.29, 1.82) is 0 Å². The molecule has 5 atom stereocenters. The van der Waals surface area contributed by atoms with E-state index in [2.05, 4.69) is 16.0 Å². The second-order valence-electron chi connectivity index (χ2n) is 9.85. The summed E-state index contributed by atoms with van der Waals surface area (Å²) in [6.07, 6.45) is -0.164. The molecule has 13 nitrogen and oxygen atoms in total. The van der Waals surface area contributed by atoms with Gasteiger partial charge in [-0.1, -0.05) is 44.5 Å². The van der Waals surface area contributed by atoms with Crippen molar-refractivity contribution in [2.24, 2.45) is 17.4 Å². The Labute approximate surface area is 237 Å². The number of amides is 4. The predicted molar refractivity (Wildman–Crippen MR) is 148 cm³/mol. The van der Waals surface area contributed by atoms with Crippen molar-refractivity contribution in [1.82, 2.24) is 16.0 Å². The standard InChI is InChI=1S/C28H37N5O8/c1-3-15(2)24(28(40)41)33-27(39)21(13-17-6-10-19(35)11-7-17)32-26(38)22(14-23(30)36)31-25(37)20(29)12-16-4-8-18(34)9-5-16/h4-11,15,20-22,24,34-35H,3,12-14,29H2,1-2H3,(H2,30,36)(H,31,37)(H,32,38)(H,33,39)(H,40,41). The normalized spacial score (nSPS) is 14.5. The van der Waals surface area contributed by atoms with E-state index in [1.165, 1.54) is 36.4 Å². The fraction of sp³-hybridized carbons (Fsp3) is 0.393. The lowest BCUT2D eigenvalue weighted by Gasteiger charge is -2.26. The molecule has 41 heavy (non-hydrogen) atoms. The smallest absolute Gasteiger partial charge is 0.326 e. The summed E-state index contributed by atoms with van der Waals surface area (Å²) in [6, 6.07) is 6.69. The average molecular weight is 572 g/mol. The van der Waals surface area contributed by atoms with Gasteiger partial charge in [-0.3, -0.25) is 19.2 Å². The number of carbonyl (C=O) groups excluding carboxylic acids is 4. The number of carboxylic acid groups (broad SMARTS) is 1. The first-order valence-corrected chi connectivity index (χ1v) is 13.0. The van der Waals surface area contributed by atoms with Crippen LogP contribution in [0.1, 0.15) is 37.8 Å². The van der Waals surface area contributed by atoms with Crippen molar-refractivity contribution >= 4 is 29.6 Å². The van der Waals surface area contributed by atoms with Crippen molar-refractivity contribution in [3.05, 3.63) is 59.7 Å². The molecule has 0 heterocycles. The Bertz CT molecular complexity index is 1220. The van der Waals surface area contributed by atoms with Gasteiger partial charge in [0.2, 0.25) is 23.6 Å². The second kappa shape index (κ2) is 15.2. The van der Waals surface area contributed by atoms with Gasteiger partial charge in [-0.25, -0.2) is 4.79 Å². The molecule has 5 unspecified atom stereocenters. The summed E-state index contributed by atoms with van der Waals surface area (Å²) in [7, 11) is 0. The van der Waals surface area contributed by atoms with Gasteiger partial charge >= 0.3 is 5.97 Å². The first-order valence-electron chi connectivity index (χ1n) is 13.0. The number of carboxylic acids is 1. The number of phenols is 2. The molecule has 0 aliphatic rings. The summed E-state index contributed by atoms with van der Waals surface area (Å²) < 4.78 is 0. The van der Waals surface area contributed by atoms with Crippen LogP contribution in [0.4, 0.5) is 0 Å². The van der Waals surface area contributed by atoms with Crippen LogP contribution in [0.15, 0.2) is 48.5 Å². The van der Waals surface area contributed by atoms with E-state index in [1.807, 2.05) is 0 Å². The molecule has 4 amide bonds. The van der Waals surface area contributed by atoms with Gasteiger partial charge in [-0.2, -0.15) is 0 Å². The summed E-state index contributed by atoms with van der Waals surface area (Å²) in [4.78, 5) is 62.8. The van der Waals surface area contributed by atoms with Crippen molar-refractivity contribution in [2.75, 3.05) is 0 Å². The fourth-order valence-electron chi connectivity index (χ4n) is 3.95. The summed E-state index contributed by atoms with van der Waals surface area (Å²) in [5.74, 6) is -5.02. The maximum atomic E-state index is 13.3. The van der Waals surface area contributed by atoms with Crippen LogP contribution >= 0.6 is 0 Å². The number of aromatic hydroxyl groups is 2. The van der Waals surface area contributed by atoms with Gasteiger partial charge in [0, 0.05) is 6.42 Å². The molecule has 0 bridgehead atoms. The Morgan fingerprint density at radius 1 is 0.756 bits per heavy atom. The third kappa shape index (κ3) is 10.4. The van der Waals surface area contributed by atoms with Crippen LogP contribution in [0.2, 0.25) is 0 Å². The van der Waals surface area contributed by atoms with Crippen molar-refractivity contribution in [3.63, 3.8) is 0 Å². The molecule has 0 aliphatic carbocycles. The molecule has 2 rings (SSSR count). The number of nitrogens with one attached hydrogen (secondary N) is 3. The third-order valence-corrected chi connectivity index (χ3v) is 6.55. The molecular formula is C28H37N5O8. The number of phenolic OH excluding ortho intramolecular Hbond substituents is 2. The molecule has 0 aromatic heterocycles. The van der Waals surface area contributed by atoms with E-state index < -0.39 is 66.1 Å². The largest absolute Gasteiger partial charge is 0.508 e. The Morgan fingerprint density at radius 2 is 1.22 bits per heavy atom. The van der Waals surface area contributed by atoms with E-state index in [9.17, 15) is 39.3 Å². The molecule has 0 saturated heterocycles. The van der Waals surface area contributed by atoms with E-state index in [-0.39, 0.29) is 24.3 Å². The van der Waals surface area contributed by atoms with Gasteiger partial charge in [-0.05, 0) is 47.7 Å². The Kier molecular flexibility index (Phi) is 12.1. The number of hydrogen-bond donors (Lipinski definition) is 8. The van der Waals surface area contributed by atoms with E-state index in [1.54, 1.807) is 26.0 Å². The summed E-state index contributed by atoms with van der Waals surface area (Å²) >= 11 is 0. The zero-order chi connectivity index (χ0) is 30.7. The van der Waals surface area contributed by atoms with E-state index in [0.717, 1.165) is 0 Å². The van der Waals surface area contributed by atoms with Crippen LogP contribution in [0.5, 0.6) is 11.5 Å². The zero-order valence-corrected chi connectivity index (χ0v) is 22.9. The van der Waals surface area contributed by atoms with Gasteiger partial charge < -0.3 is 42.7 Å². The quantitative estimate of drug-likeness (QED) is 0.140. The molecule has 13 heteroatoms. The predicted octanol–water partition coefficient (Wildman–Crippen LogP) is -0.329. The topological polar surface area (TPSA) is 234 Å². The first-order chi connectivity index (χ1) is 19.3. The molecule has 0 fully saturated rings. The maximum absolute atomic E-state index is 13.3.